The Bertz CT molecular complexity index is 673. The number of likely N-dealkylation sites (N-methyl/N-ethyl adjacent to an activating group) is 1. The van der Waals surface area contributed by atoms with Crippen LogP contribution < -0.4 is 0 Å². The van der Waals surface area contributed by atoms with Crippen molar-refractivity contribution in [2.75, 3.05) is 53.7 Å². The molecule has 0 saturated carbocycles. The highest BCUT2D eigenvalue weighted by Gasteiger charge is 2.34. The summed E-state index contributed by atoms with van der Waals surface area (Å²) in [6, 6.07) is 6.07. The summed E-state index contributed by atoms with van der Waals surface area (Å²) in [5, 5.41) is 28.2. The van der Waals surface area contributed by atoms with Gasteiger partial charge in [-0.15, -0.1) is 0 Å². The van der Waals surface area contributed by atoms with Gasteiger partial charge in [0, 0.05) is 32.0 Å². The maximum Gasteiger partial charge on any atom is 0.134 e. The molecule has 0 aliphatic heterocycles. The van der Waals surface area contributed by atoms with E-state index in [4.69, 9.17) is 14.2 Å². The smallest absolute Gasteiger partial charge is 0.134 e. The Labute approximate surface area is 162 Å². The first-order chi connectivity index (χ1) is 12.9. The van der Waals surface area contributed by atoms with Crippen molar-refractivity contribution in [3.63, 3.8) is 0 Å². The van der Waals surface area contributed by atoms with Gasteiger partial charge in [0.15, 0.2) is 0 Å². The Morgan fingerprint density at radius 1 is 1.00 bits per heavy atom. The van der Waals surface area contributed by atoms with E-state index in [0.717, 1.165) is 5.70 Å². The van der Waals surface area contributed by atoms with Crippen LogP contribution in [0.4, 0.5) is 0 Å². The van der Waals surface area contributed by atoms with E-state index in [2.05, 4.69) is 19.9 Å². The fraction of sp³-hybridized carbons (Fsp3) is 0.650. The lowest BCUT2D eigenvalue weighted by Crippen LogP contribution is -2.31. The van der Waals surface area contributed by atoms with Gasteiger partial charge in [-0.2, -0.15) is 15.8 Å². The molecule has 0 amide bonds. The quantitative estimate of drug-likeness (QED) is 0.429. The first kappa shape index (κ1) is 22.7. The zero-order chi connectivity index (χ0) is 20.3. The molecule has 0 aromatic rings. The number of nitriles is 3. The van der Waals surface area contributed by atoms with E-state index in [1.165, 1.54) is 0 Å². The molecule has 0 N–H and O–H groups in total. The molecular weight excluding hydrogens is 344 g/mol. The normalized spacial score (nSPS) is 15.7. The van der Waals surface area contributed by atoms with Crippen molar-refractivity contribution in [2.45, 2.75) is 26.7 Å². The molecule has 146 valence electrons. The van der Waals surface area contributed by atoms with Crippen molar-refractivity contribution in [3.05, 3.63) is 22.4 Å². The summed E-state index contributed by atoms with van der Waals surface area (Å²) in [6.45, 7) is 7.36. The number of ether oxygens (including phenoxy) is 3. The van der Waals surface area contributed by atoms with E-state index in [9.17, 15) is 15.8 Å². The van der Waals surface area contributed by atoms with E-state index in [0.29, 0.717) is 63.6 Å². The minimum Gasteiger partial charge on any atom is -0.382 e. The lowest BCUT2D eigenvalue weighted by Gasteiger charge is -2.37. The zero-order valence-corrected chi connectivity index (χ0v) is 16.7. The Hall–Kier alpha value is -2.37. The number of nitrogens with zero attached hydrogens (tertiary/aromatic N) is 4. The van der Waals surface area contributed by atoms with Crippen LogP contribution in [0.2, 0.25) is 0 Å². The number of hydrogen-bond acceptors (Lipinski definition) is 7. The molecular formula is C20H28N4O3. The number of allylic oxidation sites excluding steroid dienone is 4. The molecule has 1 rings (SSSR count). The molecule has 0 unspecified atom stereocenters. The molecule has 1 aliphatic rings. The summed E-state index contributed by atoms with van der Waals surface area (Å²) in [4.78, 5) is 1.98. The van der Waals surface area contributed by atoms with Crippen LogP contribution in [0, 0.1) is 39.4 Å². The van der Waals surface area contributed by atoms with Crippen LogP contribution in [0.25, 0.3) is 0 Å². The van der Waals surface area contributed by atoms with Gasteiger partial charge in [-0.1, -0.05) is 13.8 Å². The summed E-state index contributed by atoms with van der Waals surface area (Å²) in [7, 11) is 3.53. The molecule has 7 nitrogen and oxygen atoms in total. The Morgan fingerprint density at radius 3 is 2.15 bits per heavy atom. The highest BCUT2D eigenvalue weighted by atomic mass is 16.5. The van der Waals surface area contributed by atoms with Crippen molar-refractivity contribution in [1.82, 2.24) is 4.90 Å². The molecule has 0 heterocycles. The maximum absolute atomic E-state index is 9.66. The van der Waals surface area contributed by atoms with Gasteiger partial charge in [0.05, 0.1) is 38.6 Å². The van der Waals surface area contributed by atoms with E-state index in [1.54, 1.807) is 7.11 Å². The van der Waals surface area contributed by atoms with Crippen molar-refractivity contribution in [1.29, 1.82) is 15.8 Å². The van der Waals surface area contributed by atoms with Crippen molar-refractivity contribution >= 4 is 0 Å². The van der Waals surface area contributed by atoms with Gasteiger partial charge >= 0.3 is 0 Å². The van der Waals surface area contributed by atoms with E-state index in [-0.39, 0.29) is 11.0 Å². The van der Waals surface area contributed by atoms with Gasteiger partial charge in [-0.3, -0.25) is 0 Å². The van der Waals surface area contributed by atoms with Gasteiger partial charge in [-0.05, 0) is 18.3 Å². The maximum atomic E-state index is 9.66. The van der Waals surface area contributed by atoms with Crippen LogP contribution in [0.1, 0.15) is 26.7 Å². The third-order valence-electron chi connectivity index (χ3n) is 4.36. The topological polar surface area (TPSA) is 102 Å². The molecule has 27 heavy (non-hydrogen) atoms. The van der Waals surface area contributed by atoms with E-state index < -0.39 is 0 Å². The molecule has 0 fully saturated rings. The number of rotatable bonds is 10. The highest BCUT2D eigenvalue weighted by molar-refractivity contribution is 5.57. The van der Waals surface area contributed by atoms with Crippen LogP contribution in [0.3, 0.4) is 0 Å². The lowest BCUT2D eigenvalue weighted by molar-refractivity contribution is 0.0218. The minimum absolute atomic E-state index is 0.0229. The van der Waals surface area contributed by atoms with Crippen LogP contribution in [-0.4, -0.2) is 58.6 Å². The summed E-state index contributed by atoms with van der Waals surface area (Å²) in [5.41, 5.74) is 1.74. The molecule has 0 atom stereocenters. The third kappa shape index (κ3) is 7.04. The van der Waals surface area contributed by atoms with Crippen LogP contribution >= 0.6 is 0 Å². The fourth-order valence-corrected chi connectivity index (χ4v) is 2.98. The summed E-state index contributed by atoms with van der Waals surface area (Å²) in [6.07, 6.45) is 1.25. The van der Waals surface area contributed by atoms with Gasteiger partial charge < -0.3 is 19.1 Å². The molecule has 0 aromatic heterocycles. The molecule has 0 spiro atoms. The average Bonchev–Trinajstić information content (AvgIpc) is 2.63. The largest absolute Gasteiger partial charge is 0.382 e. The summed E-state index contributed by atoms with van der Waals surface area (Å²) >= 11 is 0. The predicted molar refractivity (Wildman–Crippen MR) is 100 cm³/mol. The van der Waals surface area contributed by atoms with Crippen LogP contribution in [0.15, 0.2) is 22.4 Å². The summed E-state index contributed by atoms with van der Waals surface area (Å²) in [5.74, 6) is 0. The Balaban J connectivity index is 2.77. The molecule has 0 saturated heterocycles. The van der Waals surface area contributed by atoms with Gasteiger partial charge in [-0.25, -0.2) is 0 Å². The second-order valence-corrected chi connectivity index (χ2v) is 7.17. The second kappa shape index (κ2) is 11.4. The van der Waals surface area contributed by atoms with E-state index >= 15 is 0 Å². The molecule has 0 aromatic carbocycles. The van der Waals surface area contributed by atoms with Crippen LogP contribution in [0.5, 0.6) is 0 Å². The molecule has 0 radical (unpaired) electrons. The fourth-order valence-electron chi connectivity index (χ4n) is 2.98. The predicted octanol–water partition coefficient (Wildman–Crippen LogP) is 2.54. The zero-order valence-electron chi connectivity index (χ0n) is 16.7. The molecule has 0 bridgehead atoms. The second-order valence-electron chi connectivity index (χ2n) is 7.17. The molecule has 1 aliphatic carbocycles. The van der Waals surface area contributed by atoms with Crippen molar-refractivity contribution < 1.29 is 14.2 Å². The average molecular weight is 372 g/mol. The Kier molecular flexibility index (Phi) is 9.54. The minimum atomic E-state index is -0.131. The van der Waals surface area contributed by atoms with Gasteiger partial charge in [0.1, 0.15) is 23.8 Å². The Morgan fingerprint density at radius 2 is 1.59 bits per heavy atom. The van der Waals surface area contributed by atoms with E-state index in [1.807, 2.05) is 24.1 Å². The summed E-state index contributed by atoms with van der Waals surface area (Å²) < 4.78 is 15.8. The SMILES string of the molecule is COCCOCCOCCN(C)C1=C(C#N)C(=C(C#N)C#N)CC(C)(C)C1. The monoisotopic (exact) mass is 372 g/mol. The van der Waals surface area contributed by atoms with Crippen molar-refractivity contribution in [2.24, 2.45) is 5.41 Å². The lowest BCUT2D eigenvalue weighted by atomic mass is 9.72. The first-order valence-electron chi connectivity index (χ1n) is 8.92. The first-order valence-corrected chi connectivity index (χ1v) is 8.92. The van der Waals surface area contributed by atoms with Gasteiger partial charge in [0.25, 0.3) is 0 Å². The molecule has 7 heteroatoms. The highest BCUT2D eigenvalue weighted by Crippen LogP contribution is 2.43. The van der Waals surface area contributed by atoms with Crippen LogP contribution in [-0.2, 0) is 14.2 Å². The number of methoxy groups -OCH3 is 1. The standard InChI is InChI=1S/C20H28N4O3/c1-20(2)11-17(16(13-21)14-22)18(15-23)19(12-20)24(3)5-6-26-9-10-27-8-7-25-4/h5-12H2,1-4H3. The number of hydrogen-bond donors (Lipinski definition) is 0. The third-order valence-corrected chi connectivity index (χ3v) is 4.36. The van der Waals surface area contributed by atoms with Crippen molar-refractivity contribution in [3.8, 4) is 18.2 Å². The van der Waals surface area contributed by atoms with Gasteiger partial charge in [0.2, 0.25) is 0 Å².